The molecule has 3 heteroatoms. The molecule has 0 fully saturated rings. The fraction of sp³-hybridized carbons (Fsp3) is 0.312. The number of hydrogen-bond acceptors (Lipinski definition) is 3. The quantitative estimate of drug-likeness (QED) is 0.892. The molecule has 1 aromatic heterocycles. The van der Waals surface area contributed by atoms with E-state index in [0.717, 1.165) is 24.3 Å². The Morgan fingerprint density at radius 1 is 1.16 bits per heavy atom. The van der Waals surface area contributed by atoms with Crippen LogP contribution in [0.15, 0.2) is 48.8 Å². The van der Waals surface area contributed by atoms with Gasteiger partial charge in [0.15, 0.2) is 0 Å². The number of nitrogens with zero attached hydrogens (tertiary/aromatic N) is 2. The van der Waals surface area contributed by atoms with Crippen molar-refractivity contribution in [1.82, 2.24) is 4.98 Å². The molecule has 2 aromatic rings. The van der Waals surface area contributed by atoms with E-state index in [1.807, 2.05) is 42.7 Å². The molecule has 0 radical (unpaired) electrons. The Labute approximate surface area is 114 Å². The van der Waals surface area contributed by atoms with Gasteiger partial charge in [0.2, 0.25) is 0 Å². The van der Waals surface area contributed by atoms with Crippen LogP contribution in [0.1, 0.15) is 31.1 Å². The lowest BCUT2D eigenvalue weighted by molar-refractivity contribution is 0.199. The molecule has 1 N–H and O–H groups in total. The largest absolute Gasteiger partial charge is 0.389 e. The van der Waals surface area contributed by atoms with Gasteiger partial charge >= 0.3 is 0 Å². The van der Waals surface area contributed by atoms with Gasteiger partial charge in [-0.2, -0.15) is 0 Å². The smallest absolute Gasteiger partial charge is 0.0781 e. The summed E-state index contributed by atoms with van der Waals surface area (Å²) in [7, 11) is 0. The summed E-state index contributed by atoms with van der Waals surface area (Å²) in [5.74, 6) is 0. The summed E-state index contributed by atoms with van der Waals surface area (Å²) in [6, 6.07) is 12.1. The van der Waals surface area contributed by atoms with Crippen LogP contribution in [0.4, 0.5) is 5.69 Å². The Morgan fingerprint density at radius 2 is 1.84 bits per heavy atom. The van der Waals surface area contributed by atoms with Gasteiger partial charge in [-0.3, -0.25) is 4.98 Å². The van der Waals surface area contributed by atoms with E-state index in [1.165, 1.54) is 5.56 Å². The zero-order chi connectivity index (χ0) is 13.7. The first-order chi connectivity index (χ1) is 9.22. The Balaban J connectivity index is 2.27. The molecule has 0 aliphatic rings. The summed E-state index contributed by atoms with van der Waals surface area (Å²) in [5, 5.41) is 9.88. The van der Waals surface area contributed by atoms with Crippen molar-refractivity contribution in [3.63, 3.8) is 0 Å². The summed E-state index contributed by atoms with van der Waals surface area (Å²) < 4.78 is 0. The molecular weight excluding hydrogens is 236 g/mol. The minimum atomic E-state index is -0.456. The summed E-state index contributed by atoms with van der Waals surface area (Å²) in [4.78, 5) is 6.30. The van der Waals surface area contributed by atoms with Gasteiger partial charge in [-0.1, -0.05) is 18.2 Å². The van der Waals surface area contributed by atoms with E-state index in [9.17, 15) is 5.11 Å². The van der Waals surface area contributed by atoms with Crippen LogP contribution in [-0.2, 0) is 6.54 Å². The fourth-order valence-electron chi connectivity index (χ4n) is 2.20. The zero-order valence-corrected chi connectivity index (χ0v) is 11.5. The molecule has 100 valence electrons. The Hall–Kier alpha value is -1.87. The monoisotopic (exact) mass is 256 g/mol. The van der Waals surface area contributed by atoms with E-state index in [-0.39, 0.29) is 0 Å². The van der Waals surface area contributed by atoms with Crippen LogP contribution in [0.2, 0.25) is 0 Å². The van der Waals surface area contributed by atoms with Crippen LogP contribution >= 0.6 is 0 Å². The second kappa shape index (κ2) is 6.34. The predicted molar refractivity (Wildman–Crippen MR) is 78.0 cm³/mol. The maximum Gasteiger partial charge on any atom is 0.0781 e. The first-order valence-electron chi connectivity index (χ1n) is 6.63. The van der Waals surface area contributed by atoms with Crippen LogP contribution in [0.5, 0.6) is 0 Å². The lowest BCUT2D eigenvalue weighted by Crippen LogP contribution is -2.23. The van der Waals surface area contributed by atoms with Gasteiger partial charge in [-0.15, -0.1) is 0 Å². The number of anilines is 1. The third-order valence-corrected chi connectivity index (χ3v) is 3.23. The molecule has 1 aromatic carbocycles. The molecule has 0 aliphatic carbocycles. The maximum atomic E-state index is 9.88. The molecular formula is C16H20N2O. The molecule has 1 heterocycles. The molecule has 19 heavy (non-hydrogen) atoms. The Morgan fingerprint density at radius 3 is 2.47 bits per heavy atom. The number of aliphatic hydroxyl groups excluding tert-OH is 1. The third kappa shape index (κ3) is 3.32. The van der Waals surface area contributed by atoms with Crippen molar-refractivity contribution in [3.8, 4) is 0 Å². The lowest BCUT2D eigenvalue weighted by Gasteiger charge is -2.26. The van der Waals surface area contributed by atoms with E-state index in [1.54, 1.807) is 6.92 Å². The molecule has 0 saturated carbocycles. The zero-order valence-electron chi connectivity index (χ0n) is 11.5. The van der Waals surface area contributed by atoms with Crippen LogP contribution in [0.3, 0.4) is 0 Å². The van der Waals surface area contributed by atoms with E-state index < -0.39 is 6.10 Å². The van der Waals surface area contributed by atoms with Gasteiger partial charge in [0.1, 0.15) is 0 Å². The minimum Gasteiger partial charge on any atom is -0.389 e. The van der Waals surface area contributed by atoms with Crippen molar-refractivity contribution in [2.45, 2.75) is 26.5 Å². The second-order valence-electron chi connectivity index (χ2n) is 4.60. The number of benzene rings is 1. The summed E-state index contributed by atoms with van der Waals surface area (Å²) in [6.07, 6.45) is 3.16. The highest BCUT2D eigenvalue weighted by Gasteiger charge is 2.12. The lowest BCUT2D eigenvalue weighted by atomic mass is 10.1. The molecule has 3 nitrogen and oxygen atoms in total. The first-order valence-corrected chi connectivity index (χ1v) is 6.63. The van der Waals surface area contributed by atoms with Crippen LogP contribution in [0.25, 0.3) is 0 Å². The summed E-state index contributed by atoms with van der Waals surface area (Å²) in [5.41, 5.74) is 3.28. The Bertz CT molecular complexity index is 511. The van der Waals surface area contributed by atoms with Crippen molar-refractivity contribution >= 4 is 5.69 Å². The van der Waals surface area contributed by atoms with Crippen molar-refractivity contribution in [3.05, 3.63) is 59.9 Å². The molecule has 2 rings (SSSR count). The number of aromatic nitrogens is 1. The molecule has 0 bridgehead atoms. The fourth-order valence-corrected chi connectivity index (χ4v) is 2.20. The topological polar surface area (TPSA) is 36.4 Å². The van der Waals surface area contributed by atoms with Gasteiger partial charge in [0.05, 0.1) is 6.10 Å². The van der Waals surface area contributed by atoms with Crippen LogP contribution in [-0.4, -0.2) is 16.6 Å². The second-order valence-corrected chi connectivity index (χ2v) is 4.60. The molecule has 0 saturated heterocycles. The normalized spacial score (nSPS) is 12.2. The van der Waals surface area contributed by atoms with Crippen molar-refractivity contribution in [2.75, 3.05) is 11.4 Å². The number of pyridine rings is 1. The third-order valence-electron chi connectivity index (χ3n) is 3.23. The van der Waals surface area contributed by atoms with Crippen molar-refractivity contribution in [1.29, 1.82) is 0 Å². The van der Waals surface area contributed by atoms with Crippen molar-refractivity contribution < 1.29 is 5.11 Å². The highest BCUT2D eigenvalue weighted by molar-refractivity contribution is 5.54. The SMILES string of the molecule is CCN(Cc1ccncc1)c1ccccc1C(C)O. The van der Waals surface area contributed by atoms with E-state index in [4.69, 9.17) is 0 Å². The van der Waals surface area contributed by atoms with Gasteiger partial charge in [0, 0.05) is 36.7 Å². The number of rotatable bonds is 5. The first kappa shape index (κ1) is 13.6. The predicted octanol–water partition coefficient (Wildman–Crippen LogP) is 3.16. The van der Waals surface area contributed by atoms with E-state index in [0.29, 0.717) is 0 Å². The number of aliphatic hydroxyl groups is 1. The highest BCUT2D eigenvalue weighted by atomic mass is 16.3. The molecule has 1 atom stereocenters. The van der Waals surface area contributed by atoms with Crippen molar-refractivity contribution in [2.24, 2.45) is 0 Å². The van der Waals surface area contributed by atoms with Gasteiger partial charge < -0.3 is 10.0 Å². The number of para-hydroxylation sites is 1. The average molecular weight is 256 g/mol. The van der Waals surface area contributed by atoms with Gasteiger partial charge in [-0.05, 0) is 37.6 Å². The number of hydrogen-bond donors (Lipinski definition) is 1. The maximum absolute atomic E-state index is 9.88. The Kier molecular flexibility index (Phi) is 4.53. The average Bonchev–Trinajstić information content (AvgIpc) is 2.46. The molecule has 0 amide bonds. The van der Waals surface area contributed by atoms with E-state index in [2.05, 4.69) is 22.9 Å². The molecule has 0 aliphatic heterocycles. The molecule has 0 spiro atoms. The van der Waals surface area contributed by atoms with Gasteiger partial charge in [0.25, 0.3) is 0 Å². The van der Waals surface area contributed by atoms with Crippen LogP contribution < -0.4 is 4.90 Å². The summed E-state index contributed by atoms with van der Waals surface area (Å²) in [6.45, 7) is 5.65. The highest BCUT2D eigenvalue weighted by Crippen LogP contribution is 2.27. The standard InChI is InChI=1S/C16H20N2O/c1-3-18(12-14-8-10-17-11-9-14)16-7-5-4-6-15(16)13(2)19/h4-11,13,19H,3,12H2,1-2H3. The minimum absolute atomic E-state index is 0.456. The van der Waals surface area contributed by atoms with Gasteiger partial charge in [-0.25, -0.2) is 0 Å². The van der Waals surface area contributed by atoms with Crippen LogP contribution in [0, 0.1) is 0 Å². The van der Waals surface area contributed by atoms with E-state index >= 15 is 0 Å². The molecule has 1 unspecified atom stereocenters. The summed E-state index contributed by atoms with van der Waals surface area (Å²) >= 11 is 0.